The van der Waals surface area contributed by atoms with E-state index in [1.54, 1.807) is 6.07 Å². The Morgan fingerprint density at radius 2 is 1.40 bits per heavy atom. The molecule has 0 heterocycles. The number of ether oxygens (including phenoxy) is 4. The number of nitriles is 1. The normalized spacial score (nSPS) is 16.0. The zero-order chi connectivity index (χ0) is 19.8. The number of aldehydes is 1. The van der Waals surface area contributed by atoms with Gasteiger partial charge in [-0.2, -0.15) is 5.26 Å². The van der Waals surface area contributed by atoms with Crippen LogP contribution in [0.15, 0.2) is 0 Å². The van der Waals surface area contributed by atoms with Crippen molar-refractivity contribution in [3.8, 4) is 6.07 Å². The van der Waals surface area contributed by atoms with Crippen molar-refractivity contribution < 1.29 is 42.9 Å². The van der Waals surface area contributed by atoms with Gasteiger partial charge in [0.15, 0.2) is 24.6 Å². The SMILES string of the molecule is CC(=O)O[C@H]([C@H](C=O)OC(C)=O)[C@@H](OC(C)=O)[C@](C)(C#N)OC(C)=O. The first-order valence-electron chi connectivity index (χ1n) is 7.04. The van der Waals surface area contributed by atoms with Crippen LogP contribution in [0.4, 0.5) is 0 Å². The van der Waals surface area contributed by atoms with E-state index in [0.29, 0.717) is 0 Å². The van der Waals surface area contributed by atoms with Crippen LogP contribution >= 0.6 is 0 Å². The second-order valence-corrected chi connectivity index (χ2v) is 5.13. The third kappa shape index (κ3) is 6.99. The summed E-state index contributed by atoms with van der Waals surface area (Å²) in [6.07, 6.45) is -5.02. The van der Waals surface area contributed by atoms with Gasteiger partial charge < -0.3 is 18.9 Å². The zero-order valence-corrected chi connectivity index (χ0v) is 14.4. The maximum atomic E-state index is 11.4. The summed E-state index contributed by atoms with van der Waals surface area (Å²) in [5, 5.41) is 9.38. The number of carbonyl (C=O) groups excluding carboxylic acids is 5. The Hall–Kier alpha value is -2.96. The summed E-state index contributed by atoms with van der Waals surface area (Å²) in [4.78, 5) is 56.5. The standard InChI is InChI=1S/C15H19NO9/c1-8(18)22-12(6-17)13(23-9(2)19)14(24-10(3)20)15(5,7-16)25-11(4)21/h6,12-14H,1-5H3/t12-,13+,14+,15-/m0/s1. The highest BCUT2D eigenvalue weighted by atomic mass is 16.6. The molecule has 0 aromatic rings. The van der Waals surface area contributed by atoms with Crippen LogP contribution in [0.5, 0.6) is 0 Å². The molecule has 0 aromatic carbocycles. The van der Waals surface area contributed by atoms with E-state index in [1.165, 1.54) is 0 Å². The molecule has 0 N–H and O–H groups in total. The third-order valence-electron chi connectivity index (χ3n) is 2.77. The summed E-state index contributed by atoms with van der Waals surface area (Å²) in [6.45, 7) is 5.07. The van der Waals surface area contributed by atoms with Gasteiger partial charge in [0.1, 0.15) is 6.07 Å². The summed E-state index contributed by atoms with van der Waals surface area (Å²) in [6, 6.07) is 1.63. The van der Waals surface area contributed by atoms with Crippen LogP contribution in [-0.2, 0) is 42.9 Å². The van der Waals surface area contributed by atoms with E-state index in [1.807, 2.05) is 0 Å². The highest BCUT2D eigenvalue weighted by Crippen LogP contribution is 2.26. The lowest BCUT2D eigenvalue weighted by molar-refractivity contribution is -0.203. The molecule has 0 aliphatic carbocycles. The minimum Gasteiger partial charge on any atom is -0.454 e. The molecule has 0 spiro atoms. The molecule has 138 valence electrons. The average Bonchev–Trinajstić information content (AvgIpc) is 2.46. The first-order chi connectivity index (χ1) is 11.5. The fourth-order valence-corrected chi connectivity index (χ4v) is 1.97. The minimum absolute atomic E-state index is 0.136. The molecule has 0 fully saturated rings. The number of hydrogen-bond donors (Lipinski definition) is 0. The van der Waals surface area contributed by atoms with Crippen molar-refractivity contribution in [1.29, 1.82) is 5.26 Å². The first kappa shape index (κ1) is 22.0. The molecule has 4 atom stereocenters. The molecule has 0 rings (SSSR count). The largest absolute Gasteiger partial charge is 0.454 e. The van der Waals surface area contributed by atoms with Gasteiger partial charge in [-0.05, 0) is 6.92 Å². The Morgan fingerprint density at radius 3 is 1.72 bits per heavy atom. The maximum absolute atomic E-state index is 11.4. The van der Waals surface area contributed by atoms with Crippen LogP contribution < -0.4 is 0 Å². The van der Waals surface area contributed by atoms with Crippen LogP contribution in [-0.4, -0.2) is 54.1 Å². The zero-order valence-electron chi connectivity index (χ0n) is 14.4. The monoisotopic (exact) mass is 357 g/mol. The molecule has 0 saturated heterocycles. The Labute approximate surface area is 144 Å². The van der Waals surface area contributed by atoms with Crippen LogP contribution in [0.1, 0.15) is 34.6 Å². The predicted molar refractivity (Wildman–Crippen MR) is 78.5 cm³/mol. The van der Waals surface area contributed by atoms with E-state index < -0.39 is 47.8 Å². The van der Waals surface area contributed by atoms with Gasteiger partial charge in [0.2, 0.25) is 5.60 Å². The molecule has 0 radical (unpaired) electrons. The van der Waals surface area contributed by atoms with Gasteiger partial charge in [-0.25, -0.2) is 0 Å². The molecule has 0 saturated carbocycles. The Balaban J connectivity index is 6.14. The van der Waals surface area contributed by atoms with Gasteiger partial charge in [0.25, 0.3) is 0 Å². The van der Waals surface area contributed by atoms with Crippen molar-refractivity contribution >= 4 is 30.2 Å². The van der Waals surface area contributed by atoms with E-state index in [2.05, 4.69) is 0 Å². The predicted octanol–water partition coefficient (Wildman–Crippen LogP) is -0.174. The molecule has 0 aliphatic rings. The van der Waals surface area contributed by atoms with Gasteiger partial charge in [-0.1, -0.05) is 0 Å². The van der Waals surface area contributed by atoms with E-state index >= 15 is 0 Å². The van der Waals surface area contributed by atoms with Gasteiger partial charge in [0.05, 0.1) is 0 Å². The van der Waals surface area contributed by atoms with Crippen LogP contribution in [0.3, 0.4) is 0 Å². The van der Waals surface area contributed by atoms with Crippen LogP contribution in [0.25, 0.3) is 0 Å². The Morgan fingerprint density at radius 1 is 0.920 bits per heavy atom. The quantitative estimate of drug-likeness (QED) is 0.326. The fraction of sp³-hybridized carbons (Fsp3) is 0.600. The lowest BCUT2D eigenvalue weighted by atomic mass is 9.92. The first-order valence-corrected chi connectivity index (χ1v) is 7.04. The van der Waals surface area contributed by atoms with E-state index in [9.17, 15) is 29.2 Å². The summed E-state index contributed by atoms with van der Waals surface area (Å²) in [5.74, 6) is -3.60. The summed E-state index contributed by atoms with van der Waals surface area (Å²) < 4.78 is 19.5. The molecule has 0 aromatic heterocycles. The molecule has 0 aliphatic heterocycles. The number of esters is 4. The molecular formula is C15H19NO9. The molecule has 10 nitrogen and oxygen atoms in total. The molecule has 0 bridgehead atoms. The summed E-state index contributed by atoms with van der Waals surface area (Å²) in [7, 11) is 0. The summed E-state index contributed by atoms with van der Waals surface area (Å²) in [5.41, 5.74) is -2.13. The minimum atomic E-state index is -2.13. The number of nitrogens with zero attached hydrogens (tertiary/aromatic N) is 1. The lowest BCUT2D eigenvalue weighted by Gasteiger charge is -2.36. The fourth-order valence-electron chi connectivity index (χ4n) is 1.97. The number of hydrogen-bond acceptors (Lipinski definition) is 10. The average molecular weight is 357 g/mol. The van der Waals surface area contributed by atoms with E-state index in [-0.39, 0.29) is 6.29 Å². The van der Waals surface area contributed by atoms with Crippen molar-refractivity contribution in [2.45, 2.75) is 58.5 Å². The van der Waals surface area contributed by atoms with Gasteiger partial charge >= 0.3 is 23.9 Å². The van der Waals surface area contributed by atoms with Crippen molar-refractivity contribution in [2.75, 3.05) is 0 Å². The van der Waals surface area contributed by atoms with Crippen molar-refractivity contribution in [1.82, 2.24) is 0 Å². The Kier molecular flexibility index (Phi) is 8.25. The summed E-state index contributed by atoms with van der Waals surface area (Å²) >= 11 is 0. The highest BCUT2D eigenvalue weighted by molar-refractivity contribution is 5.72. The highest BCUT2D eigenvalue weighted by Gasteiger charge is 2.51. The molecule has 10 heteroatoms. The second kappa shape index (κ2) is 9.36. The maximum Gasteiger partial charge on any atom is 0.304 e. The molecule has 0 amide bonds. The number of rotatable bonds is 8. The van der Waals surface area contributed by atoms with Gasteiger partial charge in [-0.15, -0.1) is 0 Å². The van der Waals surface area contributed by atoms with Crippen LogP contribution in [0.2, 0.25) is 0 Å². The van der Waals surface area contributed by atoms with E-state index in [0.717, 1.165) is 34.6 Å². The molecule has 0 unspecified atom stereocenters. The Bertz CT molecular complexity index is 594. The van der Waals surface area contributed by atoms with Gasteiger partial charge in [-0.3, -0.25) is 24.0 Å². The van der Waals surface area contributed by atoms with E-state index in [4.69, 9.17) is 18.9 Å². The topological polar surface area (TPSA) is 146 Å². The van der Waals surface area contributed by atoms with Crippen molar-refractivity contribution in [2.24, 2.45) is 0 Å². The molecule has 25 heavy (non-hydrogen) atoms. The lowest BCUT2D eigenvalue weighted by Crippen LogP contribution is -2.57. The smallest absolute Gasteiger partial charge is 0.304 e. The molecular weight excluding hydrogens is 338 g/mol. The van der Waals surface area contributed by atoms with Crippen molar-refractivity contribution in [3.05, 3.63) is 0 Å². The van der Waals surface area contributed by atoms with Crippen LogP contribution in [0, 0.1) is 11.3 Å². The second-order valence-electron chi connectivity index (χ2n) is 5.13. The third-order valence-corrected chi connectivity index (χ3v) is 2.77. The number of carbonyl (C=O) groups is 5. The van der Waals surface area contributed by atoms with Gasteiger partial charge in [0, 0.05) is 27.7 Å². The van der Waals surface area contributed by atoms with Crippen molar-refractivity contribution in [3.63, 3.8) is 0 Å².